The zero-order valence-electron chi connectivity index (χ0n) is 35.6. The fourth-order valence-corrected chi connectivity index (χ4v) is 4.75. The molecule has 0 aromatic heterocycles. The fourth-order valence-electron chi connectivity index (χ4n) is 4.75. The van der Waals surface area contributed by atoms with E-state index in [1.54, 1.807) is 21.3 Å². The van der Waals surface area contributed by atoms with Crippen LogP contribution in [0.1, 0.15) is 27.7 Å². The summed E-state index contributed by atoms with van der Waals surface area (Å²) in [6, 6.07) is 3.71. The Morgan fingerprint density at radius 1 is 0.368 bits per heavy atom. The highest BCUT2D eigenvalue weighted by molar-refractivity contribution is 6.62. The fraction of sp³-hybridized carbons (Fsp3) is 0.846. The molecule has 1 fully saturated rings. The number of methoxy groups -OCH3 is 3. The summed E-state index contributed by atoms with van der Waals surface area (Å²) < 4.78 is 96.7. The molecule has 0 saturated carbocycles. The Morgan fingerprint density at radius 3 is 0.895 bits per heavy atom. The van der Waals surface area contributed by atoms with E-state index in [1.165, 1.54) is 0 Å². The predicted molar refractivity (Wildman–Crippen MR) is 212 cm³/mol. The molecule has 18 heteroatoms. The summed E-state index contributed by atoms with van der Waals surface area (Å²) in [4.78, 5) is 0. The topological polar surface area (TPSA) is 157 Å². The van der Waals surface area contributed by atoms with Crippen LogP contribution in [0, 0.1) is 0 Å². The van der Waals surface area contributed by atoms with Crippen molar-refractivity contribution in [2.24, 2.45) is 0 Å². The normalized spacial score (nSPS) is 14.8. The van der Waals surface area contributed by atoms with Crippen LogP contribution in [0.4, 0.5) is 0 Å². The van der Waals surface area contributed by atoms with Crippen molar-refractivity contribution >= 4 is 12.6 Å². The molecule has 0 amide bonds. The van der Waals surface area contributed by atoms with Gasteiger partial charge in [-0.3, -0.25) is 0 Å². The van der Waals surface area contributed by atoms with E-state index in [0.29, 0.717) is 156 Å². The van der Waals surface area contributed by atoms with Gasteiger partial charge in [-0.15, -0.1) is 0 Å². The van der Waals surface area contributed by atoms with E-state index in [4.69, 9.17) is 80.4 Å². The first-order valence-electron chi connectivity index (χ1n) is 19.8. The molecule has 1 aromatic rings. The van der Waals surface area contributed by atoms with Crippen molar-refractivity contribution in [3.63, 3.8) is 0 Å². The number of rotatable bonds is 40. The molecule has 2 rings (SSSR count). The van der Waals surface area contributed by atoms with Gasteiger partial charge in [-0.05, 0) is 45.3 Å². The van der Waals surface area contributed by atoms with Crippen molar-refractivity contribution in [3.8, 4) is 17.2 Å². The van der Waals surface area contributed by atoms with E-state index in [-0.39, 0.29) is 19.8 Å². The van der Waals surface area contributed by atoms with E-state index in [9.17, 15) is 0 Å². The van der Waals surface area contributed by atoms with Gasteiger partial charge in [0.1, 0.15) is 19.8 Å². The summed E-state index contributed by atoms with van der Waals surface area (Å²) in [5.74, 6) is 1.31. The highest BCUT2D eigenvalue weighted by Crippen LogP contribution is 2.40. The highest BCUT2D eigenvalue weighted by Gasteiger charge is 2.52. The summed E-state index contributed by atoms with van der Waals surface area (Å²) in [6.45, 7) is 18.4. The van der Waals surface area contributed by atoms with Crippen LogP contribution in [0.3, 0.4) is 0 Å². The number of hydrogen-bond acceptors (Lipinski definition) is 17. The molecule has 1 saturated heterocycles. The lowest BCUT2D eigenvalue weighted by Crippen LogP contribution is -2.41. The summed E-state index contributed by atoms with van der Waals surface area (Å²) in [7, 11) is 4.25. The second kappa shape index (κ2) is 32.9. The van der Waals surface area contributed by atoms with Gasteiger partial charge >= 0.3 is 7.12 Å². The molecule has 1 aliphatic rings. The van der Waals surface area contributed by atoms with E-state index in [2.05, 4.69) is 0 Å². The number of benzene rings is 1. The van der Waals surface area contributed by atoms with Gasteiger partial charge in [0.15, 0.2) is 11.5 Å². The van der Waals surface area contributed by atoms with Gasteiger partial charge in [-0.1, -0.05) is 0 Å². The van der Waals surface area contributed by atoms with Crippen molar-refractivity contribution in [3.05, 3.63) is 12.1 Å². The Kier molecular flexibility index (Phi) is 29.6. The second-order valence-corrected chi connectivity index (χ2v) is 13.5. The van der Waals surface area contributed by atoms with E-state index in [1.807, 2.05) is 39.8 Å². The van der Waals surface area contributed by atoms with Crippen LogP contribution >= 0.6 is 0 Å². The molecule has 1 aromatic carbocycles. The lowest BCUT2D eigenvalue weighted by Gasteiger charge is -2.32. The quantitative estimate of drug-likeness (QED) is 0.0701. The molecule has 17 nitrogen and oxygen atoms in total. The summed E-state index contributed by atoms with van der Waals surface area (Å²) in [5, 5.41) is 0. The Labute approximate surface area is 340 Å². The van der Waals surface area contributed by atoms with Crippen LogP contribution in [0.2, 0.25) is 0 Å². The van der Waals surface area contributed by atoms with Crippen molar-refractivity contribution < 1.29 is 80.4 Å². The van der Waals surface area contributed by atoms with Crippen molar-refractivity contribution in [1.29, 1.82) is 0 Å². The van der Waals surface area contributed by atoms with Crippen LogP contribution in [0.15, 0.2) is 12.1 Å². The first-order chi connectivity index (χ1) is 27.8. The van der Waals surface area contributed by atoms with Crippen LogP contribution in [0.25, 0.3) is 0 Å². The van der Waals surface area contributed by atoms with Crippen LogP contribution in [0.5, 0.6) is 17.2 Å². The Hall–Kier alpha value is -1.88. The minimum absolute atomic E-state index is 0.231. The molecule has 0 N–H and O–H groups in total. The van der Waals surface area contributed by atoms with E-state index < -0.39 is 18.3 Å². The van der Waals surface area contributed by atoms with Crippen LogP contribution in [-0.2, 0) is 66.2 Å². The van der Waals surface area contributed by atoms with Crippen LogP contribution < -0.4 is 19.7 Å². The average Bonchev–Trinajstić information content (AvgIpc) is 3.42. The molecule has 0 aliphatic carbocycles. The molecular weight excluding hydrogens is 751 g/mol. The van der Waals surface area contributed by atoms with Crippen LogP contribution in [-0.4, -0.2) is 198 Å². The Morgan fingerprint density at radius 2 is 0.614 bits per heavy atom. The largest absolute Gasteiger partial charge is 0.495 e. The number of ether oxygens (including phenoxy) is 15. The smallest absolute Gasteiger partial charge is 0.487 e. The summed E-state index contributed by atoms with van der Waals surface area (Å²) >= 11 is 0. The number of hydrogen-bond donors (Lipinski definition) is 0. The monoisotopic (exact) mass is 822 g/mol. The molecule has 0 radical (unpaired) electrons. The van der Waals surface area contributed by atoms with Gasteiger partial charge in [0.25, 0.3) is 0 Å². The molecule has 0 atom stereocenters. The lowest BCUT2D eigenvalue weighted by atomic mass is 9.78. The minimum Gasteiger partial charge on any atom is -0.487 e. The molecular formula is C39H71BO17. The van der Waals surface area contributed by atoms with Gasteiger partial charge in [-0.25, -0.2) is 0 Å². The van der Waals surface area contributed by atoms with Gasteiger partial charge in [0.05, 0.1) is 150 Å². The third kappa shape index (κ3) is 23.5. The molecule has 57 heavy (non-hydrogen) atoms. The molecule has 0 spiro atoms. The molecule has 1 aliphatic heterocycles. The lowest BCUT2D eigenvalue weighted by molar-refractivity contribution is -0.00159. The summed E-state index contributed by atoms with van der Waals surface area (Å²) in [5.41, 5.74) is -0.384. The maximum Gasteiger partial charge on any atom is 0.495 e. The van der Waals surface area contributed by atoms with E-state index in [0.717, 1.165) is 5.46 Å². The maximum atomic E-state index is 6.39. The Bertz CT molecular complexity index is 1030. The summed E-state index contributed by atoms with van der Waals surface area (Å²) in [6.07, 6.45) is 0. The first kappa shape index (κ1) is 51.3. The standard InChI is InChI=1S/C39H71BO17/c1-38(2)39(3,4)57-40(56-38)34-32-35(53-29-26-50-23-20-47-17-14-44-11-8-41-5)37(55-31-28-52-25-22-49-19-16-46-13-10-43-7)36(33-34)54-30-27-51-24-21-48-18-15-45-12-9-42-6/h32-33H,8-31H2,1-7H3. The van der Waals surface area contributed by atoms with Crippen molar-refractivity contribution in [2.45, 2.75) is 38.9 Å². The zero-order chi connectivity index (χ0) is 41.3. The van der Waals surface area contributed by atoms with Gasteiger partial charge in [0, 0.05) is 21.3 Å². The van der Waals surface area contributed by atoms with Crippen molar-refractivity contribution in [2.75, 3.05) is 180 Å². The average molecular weight is 823 g/mol. The molecule has 1 heterocycles. The van der Waals surface area contributed by atoms with E-state index >= 15 is 0 Å². The Balaban J connectivity index is 2.01. The SMILES string of the molecule is COCCOCCOCCOCCOc1cc(B2OC(C)(C)C(C)(C)O2)cc(OCCOCCOCCOCCOC)c1OCCOCCOCCOCCOC. The van der Waals surface area contributed by atoms with Gasteiger partial charge in [-0.2, -0.15) is 0 Å². The second-order valence-electron chi connectivity index (χ2n) is 13.5. The molecule has 332 valence electrons. The molecule has 0 bridgehead atoms. The van der Waals surface area contributed by atoms with Crippen molar-refractivity contribution in [1.82, 2.24) is 0 Å². The predicted octanol–water partition coefficient (Wildman–Crippen LogP) is 2.21. The van der Waals surface area contributed by atoms with Gasteiger partial charge < -0.3 is 80.4 Å². The van der Waals surface area contributed by atoms with Gasteiger partial charge in [0.2, 0.25) is 5.75 Å². The zero-order valence-corrected chi connectivity index (χ0v) is 35.6. The third-order valence-corrected chi connectivity index (χ3v) is 8.54. The maximum absolute atomic E-state index is 6.39. The highest BCUT2D eigenvalue weighted by atomic mass is 16.7. The minimum atomic E-state index is -0.666. The molecule has 0 unspecified atom stereocenters. The third-order valence-electron chi connectivity index (χ3n) is 8.54. The first-order valence-corrected chi connectivity index (χ1v) is 19.8.